The molecule has 2 atom stereocenters. The number of hydrogen-bond acceptors (Lipinski definition) is 4. The number of benzene rings is 3. The Hall–Kier alpha value is -3.31. The molecular formula is C30H30F7NO3. The number of alkyl halides is 6. The monoisotopic (exact) mass is 585 g/mol. The lowest BCUT2D eigenvalue weighted by molar-refractivity contribution is -0.177. The van der Waals surface area contributed by atoms with Crippen molar-refractivity contribution in [2.75, 3.05) is 5.32 Å². The number of fused-ring (bicyclic) bond motifs is 1. The number of hydrogen-bond donors (Lipinski definition) is 1. The van der Waals surface area contributed by atoms with Gasteiger partial charge in [0.05, 0.1) is 23.8 Å². The summed E-state index contributed by atoms with van der Waals surface area (Å²) in [6.07, 6.45) is -11.9. The maximum absolute atomic E-state index is 13.6. The molecule has 1 heterocycles. The summed E-state index contributed by atoms with van der Waals surface area (Å²) in [7, 11) is 0. The molecule has 222 valence electrons. The van der Waals surface area contributed by atoms with Crippen molar-refractivity contribution in [3.05, 3.63) is 94.3 Å². The molecule has 0 saturated heterocycles. The molecule has 41 heavy (non-hydrogen) atoms. The second-order valence-corrected chi connectivity index (χ2v) is 10.7. The third-order valence-electron chi connectivity index (χ3n) is 6.53. The normalized spacial score (nSPS) is 18.6. The molecule has 0 fully saturated rings. The smallest absolute Gasteiger partial charge is 0.416 e. The molecule has 0 spiro atoms. The minimum atomic E-state index is -4.97. The summed E-state index contributed by atoms with van der Waals surface area (Å²) in [5, 5.41) is 3.21. The molecule has 11 heteroatoms. The maximum Gasteiger partial charge on any atom is 0.416 e. The SMILES string of the molecule is CC(C)OC1c2cc(NCc3cccc(F)c3)ccc2OC(C)(C)C1OCc1cc(C(F)(F)F)cc(C(F)(F)F)c1. The zero-order valence-corrected chi connectivity index (χ0v) is 22.8. The molecule has 3 aromatic carbocycles. The Balaban J connectivity index is 1.63. The number of anilines is 1. The van der Waals surface area contributed by atoms with Gasteiger partial charge in [0.2, 0.25) is 0 Å². The zero-order valence-electron chi connectivity index (χ0n) is 22.8. The van der Waals surface area contributed by atoms with Crippen molar-refractivity contribution in [1.29, 1.82) is 0 Å². The van der Waals surface area contributed by atoms with Crippen LogP contribution in [-0.4, -0.2) is 17.8 Å². The lowest BCUT2D eigenvalue weighted by Gasteiger charge is -2.45. The first-order valence-electron chi connectivity index (χ1n) is 12.9. The fraction of sp³-hybridized carbons (Fsp3) is 0.400. The van der Waals surface area contributed by atoms with E-state index in [9.17, 15) is 30.7 Å². The standard InChI is InChI=1S/C30H30F7NO3/c1-17(2)40-26-24-14-23(38-15-18-6-5-7-22(31)12-18)8-9-25(24)41-28(3,4)27(26)39-16-19-10-20(29(32,33)34)13-21(11-19)30(35,36)37/h5-14,17,26-27,38H,15-16H2,1-4H3. The van der Waals surface area contributed by atoms with Crippen LogP contribution in [0.5, 0.6) is 5.75 Å². The molecule has 4 nitrogen and oxygen atoms in total. The molecule has 0 bridgehead atoms. The highest BCUT2D eigenvalue weighted by atomic mass is 19.4. The molecule has 4 rings (SSSR count). The summed E-state index contributed by atoms with van der Waals surface area (Å²) >= 11 is 0. The third kappa shape index (κ3) is 7.51. The molecular weight excluding hydrogens is 555 g/mol. The Bertz CT molecular complexity index is 1340. The Morgan fingerprint density at radius 3 is 2.12 bits per heavy atom. The average molecular weight is 586 g/mol. The van der Waals surface area contributed by atoms with Gasteiger partial charge in [-0.3, -0.25) is 0 Å². The summed E-state index contributed by atoms with van der Waals surface area (Å²) in [5.74, 6) is 0.133. The highest BCUT2D eigenvalue weighted by molar-refractivity contribution is 5.54. The molecule has 1 aliphatic heterocycles. The maximum atomic E-state index is 13.6. The summed E-state index contributed by atoms with van der Waals surface area (Å²) < 4.78 is 112. The van der Waals surface area contributed by atoms with Gasteiger partial charge in [0.15, 0.2) is 0 Å². The fourth-order valence-corrected chi connectivity index (χ4v) is 4.71. The van der Waals surface area contributed by atoms with Gasteiger partial charge in [0.1, 0.15) is 29.4 Å². The van der Waals surface area contributed by atoms with Crippen LogP contribution in [-0.2, 0) is 35.0 Å². The Morgan fingerprint density at radius 2 is 1.54 bits per heavy atom. The van der Waals surface area contributed by atoms with Crippen molar-refractivity contribution >= 4 is 5.69 Å². The van der Waals surface area contributed by atoms with Crippen LogP contribution in [0.3, 0.4) is 0 Å². The van der Waals surface area contributed by atoms with E-state index in [1.165, 1.54) is 12.1 Å². The summed E-state index contributed by atoms with van der Waals surface area (Å²) in [5.41, 5.74) is -2.21. The quantitative estimate of drug-likeness (QED) is 0.269. The van der Waals surface area contributed by atoms with Crippen molar-refractivity contribution in [2.45, 2.75) is 77.1 Å². The van der Waals surface area contributed by atoms with Crippen molar-refractivity contribution < 1.29 is 44.9 Å². The predicted molar refractivity (Wildman–Crippen MR) is 139 cm³/mol. The molecule has 0 saturated carbocycles. The zero-order chi connectivity index (χ0) is 30.2. The Kier molecular flexibility index (Phi) is 8.61. The molecule has 3 aromatic rings. The molecule has 0 aliphatic carbocycles. The third-order valence-corrected chi connectivity index (χ3v) is 6.53. The van der Waals surface area contributed by atoms with E-state index in [-0.39, 0.29) is 23.6 Å². The number of nitrogens with one attached hydrogen (secondary N) is 1. The van der Waals surface area contributed by atoms with Gasteiger partial charge in [-0.15, -0.1) is 0 Å². The Morgan fingerprint density at radius 1 is 0.878 bits per heavy atom. The van der Waals surface area contributed by atoms with Gasteiger partial charge in [0, 0.05) is 17.8 Å². The van der Waals surface area contributed by atoms with Gasteiger partial charge in [-0.1, -0.05) is 12.1 Å². The van der Waals surface area contributed by atoms with Crippen LogP contribution >= 0.6 is 0 Å². The van der Waals surface area contributed by atoms with E-state index in [0.717, 1.165) is 5.56 Å². The first-order chi connectivity index (χ1) is 19.0. The van der Waals surface area contributed by atoms with Gasteiger partial charge in [0.25, 0.3) is 0 Å². The topological polar surface area (TPSA) is 39.7 Å². The molecule has 0 amide bonds. The Labute approximate surface area is 233 Å². The molecule has 0 radical (unpaired) electrons. The van der Waals surface area contributed by atoms with Crippen molar-refractivity contribution in [2.24, 2.45) is 0 Å². The van der Waals surface area contributed by atoms with E-state index in [4.69, 9.17) is 14.2 Å². The van der Waals surface area contributed by atoms with E-state index in [2.05, 4.69) is 5.32 Å². The second-order valence-electron chi connectivity index (χ2n) is 10.7. The van der Waals surface area contributed by atoms with E-state index in [1.54, 1.807) is 58.0 Å². The molecule has 2 unspecified atom stereocenters. The van der Waals surface area contributed by atoms with Gasteiger partial charge in [-0.2, -0.15) is 26.3 Å². The first-order valence-corrected chi connectivity index (χ1v) is 12.9. The summed E-state index contributed by atoms with van der Waals surface area (Å²) in [6, 6.07) is 12.8. The first kappa shape index (κ1) is 30.6. The largest absolute Gasteiger partial charge is 0.485 e. The van der Waals surface area contributed by atoms with Crippen LogP contribution in [0.4, 0.5) is 36.4 Å². The van der Waals surface area contributed by atoms with Crippen molar-refractivity contribution in [3.63, 3.8) is 0 Å². The molecule has 1 aliphatic rings. The highest BCUT2D eigenvalue weighted by Gasteiger charge is 2.46. The van der Waals surface area contributed by atoms with Crippen LogP contribution in [0.1, 0.15) is 61.6 Å². The number of ether oxygens (including phenoxy) is 3. The fourth-order valence-electron chi connectivity index (χ4n) is 4.71. The van der Waals surface area contributed by atoms with Crippen LogP contribution in [0.25, 0.3) is 0 Å². The minimum absolute atomic E-state index is 0.0798. The van der Waals surface area contributed by atoms with E-state index in [1.807, 2.05) is 0 Å². The predicted octanol–water partition coefficient (Wildman–Crippen LogP) is 8.70. The molecule has 0 aromatic heterocycles. The second kappa shape index (κ2) is 11.5. The van der Waals surface area contributed by atoms with Gasteiger partial charge in [-0.05, 0) is 87.4 Å². The average Bonchev–Trinajstić information content (AvgIpc) is 2.85. The lowest BCUT2D eigenvalue weighted by atomic mass is 9.87. The van der Waals surface area contributed by atoms with Crippen LogP contribution < -0.4 is 10.1 Å². The van der Waals surface area contributed by atoms with Crippen molar-refractivity contribution in [3.8, 4) is 5.75 Å². The summed E-state index contributed by atoms with van der Waals surface area (Å²) in [4.78, 5) is 0. The van der Waals surface area contributed by atoms with E-state index >= 15 is 0 Å². The van der Waals surface area contributed by atoms with Crippen LogP contribution in [0.15, 0.2) is 60.7 Å². The van der Waals surface area contributed by atoms with Crippen LogP contribution in [0, 0.1) is 5.82 Å². The van der Waals surface area contributed by atoms with Crippen molar-refractivity contribution in [1.82, 2.24) is 0 Å². The highest BCUT2D eigenvalue weighted by Crippen LogP contribution is 2.45. The minimum Gasteiger partial charge on any atom is -0.485 e. The van der Waals surface area contributed by atoms with Gasteiger partial charge in [-0.25, -0.2) is 4.39 Å². The number of halogens is 7. The van der Waals surface area contributed by atoms with Crippen LogP contribution in [0.2, 0.25) is 0 Å². The van der Waals surface area contributed by atoms with Gasteiger partial charge < -0.3 is 19.5 Å². The summed E-state index contributed by atoms with van der Waals surface area (Å²) in [6.45, 7) is 6.80. The number of rotatable bonds is 8. The van der Waals surface area contributed by atoms with E-state index < -0.39 is 47.9 Å². The van der Waals surface area contributed by atoms with Gasteiger partial charge >= 0.3 is 12.4 Å². The van der Waals surface area contributed by atoms with E-state index in [0.29, 0.717) is 35.7 Å². The molecule has 1 N–H and O–H groups in total. The lowest BCUT2D eigenvalue weighted by Crippen LogP contribution is -2.51.